The highest BCUT2D eigenvalue weighted by Crippen LogP contribution is 2.30. The number of rotatable bonds is 2. The van der Waals surface area contributed by atoms with Crippen molar-refractivity contribution < 1.29 is 4.79 Å². The number of Topliss-reactive ketones (excluding diaryl/α,β-unsaturated/α-hetero) is 1. The number of hydrogen-bond acceptors (Lipinski definition) is 2. The predicted molar refractivity (Wildman–Crippen MR) is 76.8 cm³/mol. The van der Waals surface area contributed by atoms with E-state index >= 15 is 0 Å². The predicted octanol–water partition coefficient (Wildman–Crippen LogP) is 3.27. The summed E-state index contributed by atoms with van der Waals surface area (Å²) in [6, 6.07) is 10.6. The van der Waals surface area contributed by atoms with Crippen LogP contribution in [0.3, 0.4) is 0 Å². The SMILES string of the molecule is O=C1C2CCCCCC1CN(Cc1ccccc1)C2. The Bertz CT molecular complexity index is 410. The number of fused-ring (bicyclic) bond motifs is 2. The minimum Gasteiger partial charge on any atom is -0.299 e. The van der Waals surface area contributed by atoms with E-state index in [4.69, 9.17) is 0 Å². The summed E-state index contributed by atoms with van der Waals surface area (Å²) in [4.78, 5) is 14.8. The molecule has 3 rings (SSSR count). The topological polar surface area (TPSA) is 20.3 Å². The number of piperidine rings is 1. The fraction of sp³-hybridized carbons (Fsp3) is 0.588. The Labute approximate surface area is 115 Å². The lowest BCUT2D eigenvalue weighted by Crippen LogP contribution is -2.46. The number of likely N-dealkylation sites (tertiary alicyclic amines) is 1. The van der Waals surface area contributed by atoms with Crippen LogP contribution in [0.1, 0.15) is 37.7 Å². The third-order valence-corrected chi connectivity index (χ3v) is 4.62. The Balaban J connectivity index is 1.69. The summed E-state index contributed by atoms with van der Waals surface area (Å²) in [5.41, 5.74) is 1.37. The van der Waals surface area contributed by atoms with Gasteiger partial charge >= 0.3 is 0 Å². The first-order chi connectivity index (χ1) is 9.33. The van der Waals surface area contributed by atoms with E-state index in [9.17, 15) is 4.79 Å². The lowest BCUT2D eigenvalue weighted by molar-refractivity contribution is -0.132. The molecule has 0 spiro atoms. The fourth-order valence-corrected chi connectivity index (χ4v) is 3.61. The molecule has 2 heteroatoms. The van der Waals surface area contributed by atoms with Crippen LogP contribution in [0.25, 0.3) is 0 Å². The van der Waals surface area contributed by atoms with Gasteiger partial charge in [-0.25, -0.2) is 0 Å². The van der Waals surface area contributed by atoms with Crippen LogP contribution in [0.4, 0.5) is 0 Å². The maximum absolute atomic E-state index is 12.4. The third-order valence-electron chi connectivity index (χ3n) is 4.62. The van der Waals surface area contributed by atoms with E-state index in [1.807, 2.05) is 0 Å². The molecule has 1 saturated heterocycles. The van der Waals surface area contributed by atoms with E-state index in [0.29, 0.717) is 17.6 Å². The van der Waals surface area contributed by atoms with Crippen LogP contribution in [0, 0.1) is 11.8 Å². The molecule has 0 radical (unpaired) electrons. The zero-order valence-corrected chi connectivity index (χ0v) is 11.6. The summed E-state index contributed by atoms with van der Waals surface area (Å²) in [5, 5.41) is 0. The number of hydrogen-bond donors (Lipinski definition) is 0. The van der Waals surface area contributed by atoms with Crippen molar-refractivity contribution in [3.8, 4) is 0 Å². The normalized spacial score (nSPS) is 28.7. The van der Waals surface area contributed by atoms with Gasteiger partial charge in [-0.05, 0) is 18.4 Å². The van der Waals surface area contributed by atoms with Crippen molar-refractivity contribution in [2.24, 2.45) is 11.8 Å². The van der Waals surface area contributed by atoms with Gasteiger partial charge in [-0.3, -0.25) is 9.69 Å². The molecule has 2 unspecified atom stereocenters. The molecule has 0 N–H and O–H groups in total. The number of ketones is 1. The minimum absolute atomic E-state index is 0.308. The Morgan fingerprint density at radius 3 is 2.21 bits per heavy atom. The van der Waals surface area contributed by atoms with E-state index in [1.165, 1.54) is 24.8 Å². The average Bonchev–Trinajstić information content (AvgIpc) is 2.43. The Hall–Kier alpha value is -1.15. The summed E-state index contributed by atoms with van der Waals surface area (Å²) in [6.45, 7) is 2.95. The van der Waals surface area contributed by atoms with Gasteiger partial charge in [-0.15, -0.1) is 0 Å². The van der Waals surface area contributed by atoms with Gasteiger partial charge in [0.25, 0.3) is 0 Å². The lowest BCUT2D eigenvalue weighted by atomic mass is 9.79. The van der Waals surface area contributed by atoms with E-state index < -0.39 is 0 Å². The van der Waals surface area contributed by atoms with Gasteiger partial charge in [0.1, 0.15) is 5.78 Å². The van der Waals surface area contributed by atoms with Gasteiger partial charge < -0.3 is 0 Å². The highest BCUT2D eigenvalue weighted by Gasteiger charge is 2.35. The third kappa shape index (κ3) is 3.06. The van der Waals surface area contributed by atoms with E-state index in [-0.39, 0.29) is 0 Å². The second-order valence-corrected chi connectivity index (χ2v) is 6.11. The summed E-state index contributed by atoms with van der Waals surface area (Å²) in [5.74, 6) is 1.18. The van der Waals surface area contributed by atoms with Crippen molar-refractivity contribution in [1.29, 1.82) is 0 Å². The summed E-state index contributed by atoms with van der Waals surface area (Å²) in [7, 11) is 0. The molecule has 1 heterocycles. The zero-order valence-electron chi connectivity index (χ0n) is 11.6. The molecular weight excluding hydrogens is 234 g/mol. The fourth-order valence-electron chi connectivity index (χ4n) is 3.61. The highest BCUT2D eigenvalue weighted by atomic mass is 16.1. The van der Waals surface area contributed by atoms with Gasteiger partial charge in [0, 0.05) is 31.5 Å². The molecule has 2 nitrogen and oxygen atoms in total. The van der Waals surface area contributed by atoms with Crippen molar-refractivity contribution in [3.05, 3.63) is 35.9 Å². The molecule has 1 aromatic rings. The first-order valence-corrected chi connectivity index (χ1v) is 7.63. The van der Waals surface area contributed by atoms with Crippen LogP contribution in [-0.4, -0.2) is 23.8 Å². The average molecular weight is 257 g/mol. The molecule has 1 aliphatic carbocycles. The standard InChI is InChI=1S/C17H23NO/c19-17-15-9-5-2-6-10-16(17)13-18(12-15)11-14-7-3-1-4-8-14/h1,3-4,7-8,15-16H,2,5-6,9-13H2. The molecule has 2 fully saturated rings. The van der Waals surface area contributed by atoms with Crippen LogP contribution in [0.5, 0.6) is 0 Å². The molecule has 1 saturated carbocycles. The van der Waals surface area contributed by atoms with E-state index in [1.54, 1.807) is 0 Å². The summed E-state index contributed by atoms with van der Waals surface area (Å²) in [6.07, 6.45) is 6.02. The summed E-state index contributed by atoms with van der Waals surface area (Å²) >= 11 is 0. The smallest absolute Gasteiger partial charge is 0.141 e. The van der Waals surface area contributed by atoms with Gasteiger partial charge in [-0.2, -0.15) is 0 Å². The number of benzene rings is 1. The van der Waals surface area contributed by atoms with Gasteiger partial charge in [0.05, 0.1) is 0 Å². The molecule has 0 amide bonds. The van der Waals surface area contributed by atoms with E-state index in [2.05, 4.69) is 35.2 Å². The van der Waals surface area contributed by atoms with Gasteiger partial charge in [-0.1, -0.05) is 49.6 Å². The largest absolute Gasteiger partial charge is 0.299 e. The van der Waals surface area contributed by atoms with Crippen molar-refractivity contribution in [2.75, 3.05) is 13.1 Å². The first-order valence-electron chi connectivity index (χ1n) is 7.63. The van der Waals surface area contributed by atoms with Crippen LogP contribution >= 0.6 is 0 Å². The molecule has 2 bridgehead atoms. The Morgan fingerprint density at radius 2 is 1.58 bits per heavy atom. The van der Waals surface area contributed by atoms with E-state index in [0.717, 1.165) is 32.5 Å². The lowest BCUT2D eigenvalue weighted by Gasteiger charge is -2.38. The molecule has 2 aliphatic rings. The van der Waals surface area contributed by atoms with Crippen LogP contribution in [0.15, 0.2) is 30.3 Å². The van der Waals surface area contributed by atoms with Crippen LogP contribution in [-0.2, 0) is 11.3 Å². The number of nitrogens with zero attached hydrogens (tertiary/aromatic N) is 1. The molecule has 2 atom stereocenters. The quantitative estimate of drug-likeness (QED) is 0.810. The number of carbonyl (C=O) groups excluding carboxylic acids is 1. The van der Waals surface area contributed by atoms with Crippen molar-refractivity contribution in [1.82, 2.24) is 4.90 Å². The Kier molecular flexibility index (Phi) is 3.97. The van der Waals surface area contributed by atoms with Crippen LogP contribution < -0.4 is 0 Å². The molecule has 0 aromatic heterocycles. The van der Waals surface area contributed by atoms with Gasteiger partial charge in [0.15, 0.2) is 0 Å². The minimum atomic E-state index is 0.308. The molecular formula is C17H23NO. The second-order valence-electron chi connectivity index (χ2n) is 6.11. The first kappa shape index (κ1) is 12.9. The summed E-state index contributed by atoms with van der Waals surface area (Å²) < 4.78 is 0. The molecule has 19 heavy (non-hydrogen) atoms. The highest BCUT2D eigenvalue weighted by molar-refractivity contribution is 5.84. The number of carbonyl (C=O) groups is 1. The van der Waals surface area contributed by atoms with Crippen molar-refractivity contribution in [2.45, 2.75) is 38.6 Å². The van der Waals surface area contributed by atoms with Crippen molar-refractivity contribution in [3.63, 3.8) is 0 Å². The maximum Gasteiger partial charge on any atom is 0.141 e. The molecule has 1 aliphatic heterocycles. The maximum atomic E-state index is 12.4. The Morgan fingerprint density at radius 1 is 0.947 bits per heavy atom. The molecule has 1 aromatic carbocycles. The second kappa shape index (κ2) is 5.87. The zero-order chi connectivity index (χ0) is 13.1. The monoisotopic (exact) mass is 257 g/mol. The van der Waals surface area contributed by atoms with Crippen LogP contribution in [0.2, 0.25) is 0 Å². The van der Waals surface area contributed by atoms with Gasteiger partial charge in [0.2, 0.25) is 0 Å². The molecule has 102 valence electrons. The van der Waals surface area contributed by atoms with Crippen molar-refractivity contribution >= 4 is 5.78 Å².